The van der Waals surface area contributed by atoms with E-state index in [0.29, 0.717) is 18.0 Å². The van der Waals surface area contributed by atoms with Crippen molar-refractivity contribution < 1.29 is 23.8 Å². The molecule has 1 amide bonds. The van der Waals surface area contributed by atoms with E-state index in [9.17, 15) is 14.3 Å². The Kier molecular flexibility index (Phi) is 6.34. The molecule has 1 saturated carbocycles. The summed E-state index contributed by atoms with van der Waals surface area (Å²) < 4.78 is 23.9. The van der Waals surface area contributed by atoms with E-state index in [1.54, 1.807) is 0 Å². The molecular weight excluding hydrogens is 403 g/mol. The average Bonchev–Trinajstić information content (AvgIpc) is 3.27. The summed E-state index contributed by atoms with van der Waals surface area (Å²) in [7, 11) is 1.37. The largest absolute Gasteiger partial charge is 0.453 e. The van der Waals surface area contributed by atoms with Crippen LogP contribution in [0.1, 0.15) is 62.3 Å². The molecule has 3 aliphatic rings. The molecule has 9 heteroatoms. The number of hydrogen-bond donors (Lipinski definition) is 3. The van der Waals surface area contributed by atoms with Crippen molar-refractivity contribution >= 4 is 12.0 Å². The number of nitrogens with zero attached hydrogens (tertiary/aromatic N) is 2. The van der Waals surface area contributed by atoms with Gasteiger partial charge in [0.05, 0.1) is 13.2 Å². The summed E-state index contributed by atoms with van der Waals surface area (Å²) in [5.74, 6) is 0.328. The molecule has 1 aliphatic carbocycles. The fourth-order valence-corrected chi connectivity index (χ4v) is 4.86. The minimum absolute atomic E-state index is 0.0105. The number of benzene rings is 1. The number of methoxy groups -OCH3 is 1. The second-order valence-corrected chi connectivity index (χ2v) is 8.63. The Hall–Kier alpha value is -2.39. The van der Waals surface area contributed by atoms with Gasteiger partial charge in [-0.1, -0.05) is 18.9 Å². The highest BCUT2D eigenvalue weighted by atomic mass is 19.1. The summed E-state index contributed by atoms with van der Waals surface area (Å²) in [5, 5.41) is 18.2. The number of alkyl carbamates (subject to hydrolysis) is 1. The fourth-order valence-electron chi connectivity index (χ4n) is 4.86. The number of aliphatic hydroxyl groups excluding tert-OH is 1. The minimum atomic E-state index is -1.19. The van der Waals surface area contributed by atoms with Crippen LogP contribution < -0.4 is 10.7 Å². The summed E-state index contributed by atoms with van der Waals surface area (Å²) in [6.45, 7) is 4.10. The maximum atomic E-state index is 13.5. The number of aliphatic hydroxyl groups is 1. The third kappa shape index (κ3) is 4.34. The van der Waals surface area contributed by atoms with Gasteiger partial charge in [0, 0.05) is 30.2 Å². The van der Waals surface area contributed by atoms with Crippen LogP contribution in [0.4, 0.5) is 9.18 Å². The lowest BCUT2D eigenvalue weighted by atomic mass is 9.84. The van der Waals surface area contributed by atoms with Gasteiger partial charge in [0.1, 0.15) is 0 Å². The lowest BCUT2D eigenvalue weighted by molar-refractivity contribution is -0.00858. The smallest absolute Gasteiger partial charge is 0.407 e. The van der Waals surface area contributed by atoms with E-state index >= 15 is 0 Å². The Morgan fingerprint density at radius 3 is 2.90 bits per heavy atom. The predicted octanol–water partition coefficient (Wildman–Crippen LogP) is 2.56. The summed E-state index contributed by atoms with van der Waals surface area (Å²) in [6, 6.07) is 5.72. The maximum Gasteiger partial charge on any atom is 0.407 e. The molecule has 2 aliphatic heterocycles. The lowest BCUT2D eigenvalue weighted by Gasteiger charge is -2.47. The van der Waals surface area contributed by atoms with E-state index in [4.69, 9.17) is 9.47 Å². The quantitative estimate of drug-likeness (QED) is 0.674. The highest BCUT2D eigenvalue weighted by Gasteiger charge is 2.40. The number of fused-ring (bicyclic) bond motifs is 1. The maximum absolute atomic E-state index is 13.5. The monoisotopic (exact) mass is 434 g/mol. The van der Waals surface area contributed by atoms with Gasteiger partial charge in [-0.2, -0.15) is 0 Å². The van der Waals surface area contributed by atoms with Crippen LogP contribution in [0.2, 0.25) is 0 Å². The molecule has 0 spiro atoms. The lowest BCUT2D eigenvalue weighted by Crippen LogP contribution is -2.57. The number of rotatable bonds is 4. The molecule has 1 aromatic carbocycles. The SMILES string of the molecule is COC(=O)N[C@@H]1CCCCC1N1Cc2ccc(C3=NNC(C(C)F)O3)cc2C(O)C1C. The second-order valence-electron chi connectivity index (χ2n) is 8.63. The number of ether oxygens (including phenoxy) is 2. The number of halogens is 1. The fraction of sp³-hybridized carbons (Fsp3) is 0.636. The summed E-state index contributed by atoms with van der Waals surface area (Å²) in [5.41, 5.74) is 5.22. The van der Waals surface area contributed by atoms with Gasteiger partial charge in [0.2, 0.25) is 12.1 Å². The van der Waals surface area contributed by atoms with Gasteiger partial charge in [-0.15, -0.1) is 5.10 Å². The van der Waals surface area contributed by atoms with Gasteiger partial charge in [-0.25, -0.2) is 9.18 Å². The number of alkyl halides is 1. The third-order valence-electron chi connectivity index (χ3n) is 6.64. The van der Waals surface area contributed by atoms with Crippen LogP contribution in [-0.4, -0.2) is 59.6 Å². The standard InChI is InChI=1S/C22H31FN4O4/c1-12(23)20-25-26-21(31-20)14-8-9-15-11-27(13(2)19(28)16(15)10-14)18-7-5-4-6-17(18)24-22(29)30-3/h8-10,12-13,17-20,25,28H,4-7,11H2,1-3H3,(H,24,29)/t12?,13?,17-,18?,19?,20?/m1/s1. The van der Waals surface area contributed by atoms with Crippen LogP contribution in [0, 0.1) is 0 Å². The van der Waals surface area contributed by atoms with E-state index in [1.165, 1.54) is 14.0 Å². The van der Waals surface area contributed by atoms with Gasteiger partial charge in [-0.3, -0.25) is 10.3 Å². The Bertz CT molecular complexity index is 849. The molecule has 6 atom stereocenters. The Morgan fingerprint density at radius 2 is 2.19 bits per heavy atom. The van der Waals surface area contributed by atoms with E-state index < -0.39 is 24.6 Å². The molecule has 1 fully saturated rings. The van der Waals surface area contributed by atoms with Crippen LogP contribution in [0.3, 0.4) is 0 Å². The van der Waals surface area contributed by atoms with Gasteiger partial charge < -0.3 is 19.9 Å². The van der Waals surface area contributed by atoms with Crippen LogP contribution in [0.15, 0.2) is 23.3 Å². The first-order chi connectivity index (χ1) is 14.9. The molecule has 3 N–H and O–H groups in total. The highest BCUT2D eigenvalue weighted by Crippen LogP contribution is 2.37. The van der Waals surface area contributed by atoms with E-state index in [1.807, 2.05) is 25.1 Å². The zero-order chi connectivity index (χ0) is 22.1. The van der Waals surface area contributed by atoms with Crippen molar-refractivity contribution in [1.82, 2.24) is 15.6 Å². The molecule has 0 radical (unpaired) electrons. The first-order valence-corrected chi connectivity index (χ1v) is 10.9. The molecule has 4 rings (SSSR count). The highest BCUT2D eigenvalue weighted by molar-refractivity contribution is 5.95. The molecule has 1 aromatic rings. The number of hydrazone groups is 1. The molecule has 0 saturated heterocycles. The van der Waals surface area contributed by atoms with E-state index in [0.717, 1.165) is 36.8 Å². The molecule has 0 bridgehead atoms. The number of amides is 1. The number of carbonyl (C=O) groups is 1. The summed E-state index contributed by atoms with van der Waals surface area (Å²) in [6.07, 6.45) is 0.893. The summed E-state index contributed by atoms with van der Waals surface area (Å²) >= 11 is 0. The van der Waals surface area contributed by atoms with E-state index in [2.05, 4.69) is 20.7 Å². The third-order valence-corrected chi connectivity index (χ3v) is 6.64. The van der Waals surface area contributed by atoms with Crippen LogP contribution in [0.5, 0.6) is 0 Å². The van der Waals surface area contributed by atoms with Crippen molar-refractivity contribution in [2.75, 3.05) is 7.11 Å². The van der Waals surface area contributed by atoms with Crippen LogP contribution in [-0.2, 0) is 16.0 Å². The normalized spacial score (nSPS) is 31.6. The van der Waals surface area contributed by atoms with Crippen molar-refractivity contribution in [3.8, 4) is 0 Å². The van der Waals surface area contributed by atoms with Crippen LogP contribution >= 0.6 is 0 Å². The Labute approximate surface area is 181 Å². The molecule has 0 aromatic heterocycles. The molecule has 170 valence electrons. The van der Waals surface area contributed by atoms with Crippen molar-refractivity contribution in [1.29, 1.82) is 0 Å². The minimum Gasteiger partial charge on any atom is -0.453 e. The topological polar surface area (TPSA) is 95.4 Å². The molecule has 8 nitrogen and oxygen atoms in total. The predicted molar refractivity (Wildman–Crippen MR) is 113 cm³/mol. The number of carbonyl (C=O) groups excluding carboxylic acids is 1. The first kappa shape index (κ1) is 21.8. The van der Waals surface area contributed by atoms with Crippen LogP contribution in [0.25, 0.3) is 0 Å². The summed E-state index contributed by atoms with van der Waals surface area (Å²) in [4.78, 5) is 14.1. The zero-order valence-corrected chi connectivity index (χ0v) is 18.2. The van der Waals surface area contributed by atoms with Gasteiger partial charge >= 0.3 is 6.09 Å². The van der Waals surface area contributed by atoms with Gasteiger partial charge in [0.15, 0.2) is 6.17 Å². The van der Waals surface area contributed by atoms with Gasteiger partial charge in [-0.05, 0) is 49.9 Å². The van der Waals surface area contributed by atoms with Crippen molar-refractivity contribution in [2.24, 2.45) is 5.10 Å². The number of hydrogen-bond acceptors (Lipinski definition) is 7. The zero-order valence-electron chi connectivity index (χ0n) is 18.2. The second kappa shape index (κ2) is 9.00. The molecule has 2 heterocycles. The Morgan fingerprint density at radius 1 is 1.42 bits per heavy atom. The van der Waals surface area contributed by atoms with Crippen molar-refractivity contribution in [3.05, 3.63) is 34.9 Å². The van der Waals surface area contributed by atoms with Gasteiger partial charge in [0.25, 0.3) is 0 Å². The molecule has 5 unspecified atom stereocenters. The van der Waals surface area contributed by atoms with Crippen molar-refractivity contribution in [2.45, 2.75) is 82.7 Å². The van der Waals surface area contributed by atoms with Crippen molar-refractivity contribution in [3.63, 3.8) is 0 Å². The average molecular weight is 435 g/mol. The first-order valence-electron chi connectivity index (χ1n) is 10.9. The molecular formula is C22H31FN4O4. The van der Waals surface area contributed by atoms with E-state index in [-0.39, 0.29) is 18.1 Å². The Balaban J connectivity index is 1.54. The number of nitrogens with one attached hydrogen (secondary N) is 2. The molecule has 31 heavy (non-hydrogen) atoms.